The number of sulfonamides is 1. The van der Waals surface area contributed by atoms with E-state index in [1.807, 2.05) is 26.0 Å². The fourth-order valence-electron chi connectivity index (χ4n) is 3.25. The number of nitrogens with zero attached hydrogens (tertiary/aromatic N) is 1. The molecule has 0 aliphatic carbocycles. The quantitative estimate of drug-likeness (QED) is 0.699. The van der Waals surface area contributed by atoms with Crippen molar-refractivity contribution in [1.82, 2.24) is 0 Å². The molecular weight excluding hydrogens is 412 g/mol. The number of hydrogen-bond acceptors (Lipinski definition) is 4. The molecule has 0 saturated carbocycles. The summed E-state index contributed by atoms with van der Waals surface area (Å²) >= 11 is 6.14. The van der Waals surface area contributed by atoms with Crippen LogP contribution in [0, 0.1) is 0 Å². The lowest BCUT2D eigenvalue weighted by Gasteiger charge is -2.19. The maximum absolute atomic E-state index is 12.6. The molecule has 29 heavy (non-hydrogen) atoms. The Morgan fingerprint density at radius 2 is 1.93 bits per heavy atom. The largest absolute Gasteiger partial charge is 0.489 e. The summed E-state index contributed by atoms with van der Waals surface area (Å²) in [4.78, 5) is 14.3. The number of rotatable bonds is 6. The molecule has 1 fully saturated rings. The average Bonchev–Trinajstić information content (AvgIpc) is 3.02. The van der Waals surface area contributed by atoms with Crippen molar-refractivity contribution < 1.29 is 17.9 Å². The molecule has 1 heterocycles. The second kappa shape index (κ2) is 8.57. The zero-order chi connectivity index (χ0) is 21.2. The van der Waals surface area contributed by atoms with Gasteiger partial charge < -0.3 is 9.64 Å². The first-order chi connectivity index (χ1) is 13.6. The number of amides is 1. The van der Waals surface area contributed by atoms with Gasteiger partial charge in [-0.1, -0.05) is 23.2 Å². The minimum Gasteiger partial charge on any atom is -0.489 e. The van der Waals surface area contributed by atoms with E-state index in [1.165, 1.54) is 12.1 Å². The standard InChI is InChI=1S/C21H23ClN2O4S/c1-14(2)9-10-28-20-12-16(22)3-8-19(20)15-11-21(25)24(13-15)17-4-6-18(7-5-17)29(23,26)27/h3-9,12,15H,10-11,13H2,1-2H3,(H2,23,26,27). The Kier molecular flexibility index (Phi) is 6.31. The van der Waals surface area contributed by atoms with Crippen molar-refractivity contribution in [1.29, 1.82) is 0 Å². The first kappa shape index (κ1) is 21.4. The second-order valence-electron chi connectivity index (χ2n) is 7.22. The van der Waals surface area contributed by atoms with Gasteiger partial charge in [0, 0.05) is 29.6 Å². The van der Waals surface area contributed by atoms with Gasteiger partial charge in [-0.2, -0.15) is 0 Å². The number of allylic oxidation sites excluding steroid dienone is 1. The molecule has 2 aromatic carbocycles. The van der Waals surface area contributed by atoms with Crippen molar-refractivity contribution in [3.8, 4) is 5.75 Å². The van der Waals surface area contributed by atoms with Gasteiger partial charge in [0.2, 0.25) is 15.9 Å². The van der Waals surface area contributed by atoms with E-state index in [4.69, 9.17) is 21.5 Å². The van der Waals surface area contributed by atoms with E-state index in [0.29, 0.717) is 36.0 Å². The molecule has 1 aliphatic rings. The third kappa shape index (κ3) is 5.18. The number of ether oxygens (including phenoxy) is 1. The van der Waals surface area contributed by atoms with Crippen LogP contribution in [0.25, 0.3) is 0 Å². The summed E-state index contributed by atoms with van der Waals surface area (Å²) in [6.45, 7) is 4.89. The van der Waals surface area contributed by atoms with E-state index < -0.39 is 10.0 Å². The van der Waals surface area contributed by atoms with Crippen molar-refractivity contribution in [3.05, 3.63) is 64.7 Å². The summed E-state index contributed by atoms with van der Waals surface area (Å²) in [6, 6.07) is 11.4. The molecule has 0 spiro atoms. The van der Waals surface area contributed by atoms with Crippen LogP contribution in [0.4, 0.5) is 5.69 Å². The van der Waals surface area contributed by atoms with Crippen LogP contribution >= 0.6 is 11.6 Å². The number of halogens is 1. The van der Waals surface area contributed by atoms with Crippen molar-refractivity contribution in [2.45, 2.75) is 31.1 Å². The van der Waals surface area contributed by atoms with Crippen LogP contribution < -0.4 is 14.8 Å². The van der Waals surface area contributed by atoms with Crippen LogP contribution in [0.2, 0.25) is 5.02 Å². The molecule has 6 nitrogen and oxygen atoms in total. The van der Waals surface area contributed by atoms with Crippen molar-refractivity contribution in [2.24, 2.45) is 5.14 Å². The fraction of sp³-hybridized carbons (Fsp3) is 0.286. The van der Waals surface area contributed by atoms with Gasteiger partial charge in [-0.05, 0) is 61.9 Å². The van der Waals surface area contributed by atoms with Crippen molar-refractivity contribution in [3.63, 3.8) is 0 Å². The van der Waals surface area contributed by atoms with E-state index in [9.17, 15) is 13.2 Å². The lowest BCUT2D eigenvalue weighted by Crippen LogP contribution is -2.24. The van der Waals surface area contributed by atoms with E-state index in [-0.39, 0.29) is 16.7 Å². The highest BCUT2D eigenvalue weighted by Crippen LogP contribution is 2.37. The van der Waals surface area contributed by atoms with E-state index in [0.717, 1.165) is 11.1 Å². The van der Waals surface area contributed by atoms with Gasteiger partial charge in [-0.25, -0.2) is 13.6 Å². The summed E-state index contributed by atoms with van der Waals surface area (Å²) in [5.74, 6) is 0.571. The van der Waals surface area contributed by atoms with Crippen molar-refractivity contribution in [2.75, 3.05) is 18.1 Å². The molecule has 0 aromatic heterocycles. The predicted octanol–water partition coefficient (Wildman–Crippen LogP) is 3.85. The van der Waals surface area contributed by atoms with Crippen LogP contribution in [0.1, 0.15) is 31.7 Å². The van der Waals surface area contributed by atoms with Crippen LogP contribution in [0.3, 0.4) is 0 Å². The van der Waals surface area contributed by atoms with Crippen LogP contribution in [0.5, 0.6) is 5.75 Å². The molecule has 2 aromatic rings. The molecular formula is C21H23ClN2O4S. The third-order valence-corrected chi connectivity index (χ3v) is 5.91. The highest BCUT2D eigenvalue weighted by atomic mass is 35.5. The molecule has 1 aliphatic heterocycles. The monoisotopic (exact) mass is 434 g/mol. The van der Waals surface area contributed by atoms with E-state index in [2.05, 4.69) is 0 Å². The van der Waals surface area contributed by atoms with Crippen molar-refractivity contribution >= 4 is 33.2 Å². The minimum absolute atomic E-state index is 0.0112. The van der Waals surface area contributed by atoms with Gasteiger partial charge in [-0.15, -0.1) is 0 Å². The summed E-state index contributed by atoms with van der Waals surface area (Å²) in [6.07, 6.45) is 2.31. The predicted molar refractivity (Wildman–Crippen MR) is 114 cm³/mol. The maximum Gasteiger partial charge on any atom is 0.238 e. The Bertz CT molecular complexity index is 1040. The summed E-state index contributed by atoms with van der Waals surface area (Å²) in [5.41, 5.74) is 2.71. The van der Waals surface area contributed by atoms with Crippen LogP contribution in [-0.4, -0.2) is 27.5 Å². The normalized spacial score (nSPS) is 16.8. The highest BCUT2D eigenvalue weighted by molar-refractivity contribution is 7.89. The number of primary sulfonamides is 1. The molecule has 1 atom stereocenters. The van der Waals surface area contributed by atoms with Crippen LogP contribution in [0.15, 0.2) is 59.0 Å². The fourth-order valence-corrected chi connectivity index (χ4v) is 3.93. The number of carbonyl (C=O) groups is 1. The Balaban J connectivity index is 1.82. The SMILES string of the molecule is CC(C)=CCOc1cc(Cl)ccc1C1CC(=O)N(c2ccc(S(N)(=O)=O)cc2)C1. The van der Waals surface area contributed by atoms with Gasteiger partial charge in [-0.3, -0.25) is 4.79 Å². The topological polar surface area (TPSA) is 89.7 Å². The van der Waals surface area contributed by atoms with Gasteiger partial charge >= 0.3 is 0 Å². The first-order valence-corrected chi connectivity index (χ1v) is 11.1. The van der Waals surface area contributed by atoms with E-state index in [1.54, 1.807) is 29.2 Å². The number of anilines is 1. The molecule has 1 amide bonds. The number of carbonyl (C=O) groups excluding carboxylic acids is 1. The smallest absolute Gasteiger partial charge is 0.238 e. The molecule has 0 radical (unpaired) electrons. The Morgan fingerprint density at radius 3 is 2.55 bits per heavy atom. The zero-order valence-corrected chi connectivity index (χ0v) is 17.8. The molecule has 2 N–H and O–H groups in total. The Labute approximate surface area is 176 Å². The van der Waals surface area contributed by atoms with Gasteiger partial charge in [0.1, 0.15) is 12.4 Å². The molecule has 8 heteroatoms. The average molecular weight is 435 g/mol. The molecule has 3 rings (SSSR count). The maximum atomic E-state index is 12.6. The van der Waals surface area contributed by atoms with Gasteiger partial charge in [0.25, 0.3) is 0 Å². The number of nitrogens with two attached hydrogens (primary N) is 1. The summed E-state index contributed by atoms with van der Waals surface area (Å²) in [5, 5.41) is 5.71. The summed E-state index contributed by atoms with van der Waals surface area (Å²) in [7, 11) is -3.77. The van der Waals surface area contributed by atoms with Gasteiger partial charge in [0.05, 0.1) is 4.90 Å². The molecule has 154 valence electrons. The summed E-state index contributed by atoms with van der Waals surface area (Å²) < 4.78 is 28.8. The molecule has 0 bridgehead atoms. The highest BCUT2D eigenvalue weighted by Gasteiger charge is 2.33. The van der Waals surface area contributed by atoms with Gasteiger partial charge in [0.15, 0.2) is 0 Å². The second-order valence-corrected chi connectivity index (χ2v) is 9.22. The Hall–Kier alpha value is -2.35. The molecule has 1 saturated heterocycles. The van der Waals surface area contributed by atoms with E-state index >= 15 is 0 Å². The third-order valence-electron chi connectivity index (χ3n) is 4.75. The minimum atomic E-state index is -3.77. The number of hydrogen-bond donors (Lipinski definition) is 1. The van der Waals surface area contributed by atoms with Crippen LogP contribution in [-0.2, 0) is 14.8 Å². The molecule has 1 unspecified atom stereocenters. The lowest BCUT2D eigenvalue weighted by molar-refractivity contribution is -0.117. The number of benzene rings is 2. The zero-order valence-electron chi connectivity index (χ0n) is 16.3. The lowest BCUT2D eigenvalue weighted by atomic mass is 9.97. The Morgan fingerprint density at radius 1 is 1.24 bits per heavy atom. The first-order valence-electron chi connectivity index (χ1n) is 9.14.